The van der Waals surface area contributed by atoms with E-state index in [2.05, 4.69) is 18.7 Å². The quantitative estimate of drug-likeness (QED) is 0.707. The van der Waals surface area contributed by atoms with Gasteiger partial charge < -0.3 is 5.11 Å². The summed E-state index contributed by atoms with van der Waals surface area (Å²) in [7, 11) is 0. The van der Waals surface area contributed by atoms with Crippen LogP contribution < -0.4 is 0 Å². The highest BCUT2D eigenvalue weighted by atomic mass is 16.4. The van der Waals surface area contributed by atoms with E-state index in [0.29, 0.717) is 6.42 Å². The first-order chi connectivity index (χ1) is 6.17. The summed E-state index contributed by atoms with van der Waals surface area (Å²) in [6.07, 6.45) is 2.47. The second-order valence-corrected chi connectivity index (χ2v) is 3.89. The molecule has 0 aliphatic carbocycles. The summed E-state index contributed by atoms with van der Waals surface area (Å²) in [5.74, 6) is 0.134. The third kappa shape index (κ3) is 2.69. The number of rotatable bonds is 5. The molecule has 1 saturated heterocycles. The second-order valence-electron chi connectivity index (χ2n) is 3.89. The van der Waals surface area contributed by atoms with E-state index in [-0.39, 0.29) is 6.04 Å². The molecule has 1 atom stereocenters. The Balaban J connectivity index is 2.28. The zero-order valence-electron chi connectivity index (χ0n) is 8.49. The molecule has 0 saturated carbocycles. The van der Waals surface area contributed by atoms with Crippen LogP contribution in [-0.4, -0.2) is 35.1 Å². The van der Waals surface area contributed by atoms with E-state index in [1.54, 1.807) is 0 Å². The molecule has 76 valence electrons. The van der Waals surface area contributed by atoms with E-state index in [1.807, 2.05) is 0 Å². The first-order valence-corrected chi connectivity index (χ1v) is 5.13. The summed E-state index contributed by atoms with van der Waals surface area (Å²) in [5.41, 5.74) is 0. The fourth-order valence-electron chi connectivity index (χ4n) is 1.90. The third-order valence-electron chi connectivity index (χ3n) is 2.96. The van der Waals surface area contributed by atoms with Crippen LogP contribution in [0.2, 0.25) is 0 Å². The lowest BCUT2D eigenvalue weighted by atomic mass is 9.93. The molecule has 0 spiro atoms. The smallest absolute Gasteiger partial charge is 0.304 e. The molecule has 1 aliphatic rings. The van der Waals surface area contributed by atoms with Gasteiger partial charge in [-0.1, -0.05) is 20.3 Å². The van der Waals surface area contributed by atoms with Gasteiger partial charge in [-0.05, 0) is 12.3 Å². The zero-order chi connectivity index (χ0) is 9.84. The number of carboxylic acid groups (broad SMARTS) is 1. The number of aliphatic carboxylic acids is 1. The predicted molar refractivity (Wildman–Crippen MR) is 51.7 cm³/mol. The van der Waals surface area contributed by atoms with Crippen LogP contribution in [0.25, 0.3) is 0 Å². The summed E-state index contributed by atoms with van der Waals surface area (Å²) < 4.78 is 0. The number of carboxylic acids is 1. The Morgan fingerprint density at radius 2 is 2.15 bits per heavy atom. The van der Waals surface area contributed by atoms with Crippen LogP contribution in [0.5, 0.6) is 0 Å². The van der Waals surface area contributed by atoms with E-state index in [0.717, 1.165) is 25.4 Å². The van der Waals surface area contributed by atoms with Gasteiger partial charge in [0.15, 0.2) is 0 Å². The Morgan fingerprint density at radius 1 is 1.54 bits per heavy atom. The standard InChI is InChI=1S/C10H19NO2/c1-3-8-6-11(7-8)9(4-2)5-10(12)13/h8-9H,3-7H2,1-2H3,(H,12,13). The average Bonchev–Trinajstić information content (AvgIpc) is 2.00. The maximum atomic E-state index is 10.5. The highest BCUT2D eigenvalue weighted by Gasteiger charge is 2.30. The molecule has 0 radical (unpaired) electrons. The third-order valence-corrected chi connectivity index (χ3v) is 2.96. The van der Waals surface area contributed by atoms with Crippen LogP contribution in [0.15, 0.2) is 0 Å². The minimum Gasteiger partial charge on any atom is -0.481 e. The topological polar surface area (TPSA) is 40.5 Å². The number of likely N-dealkylation sites (tertiary alicyclic amines) is 1. The Labute approximate surface area is 79.7 Å². The minimum absolute atomic E-state index is 0.264. The lowest BCUT2D eigenvalue weighted by Gasteiger charge is -2.43. The molecule has 1 fully saturated rings. The molecular formula is C10H19NO2. The first-order valence-electron chi connectivity index (χ1n) is 5.13. The summed E-state index contributed by atoms with van der Waals surface area (Å²) in [5, 5.41) is 8.68. The van der Waals surface area contributed by atoms with Crippen molar-refractivity contribution < 1.29 is 9.90 Å². The van der Waals surface area contributed by atoms with Crippen molar-refractivity contribution in [1.29, 1.82) is 0 Å². The van der Waals surface area contributed by atoms with Gasteiger partial charge in [0.25, 0.3) is 0 Å². The molecule has 0 aromatic carbocycles. The van der Waals surface area contributed by atoms with Crippen molar-refractivity contribution in [3.05, 3.63) is 0 Å². The molecule has 13 heavy (non-hydrogen) atoms. The monoisotopic (exact) mass is 185 g/mol. The molecule has 0 amide bonds. The van der Waals surface area contributed by atoms with E-state index in [9.17, 15) is 4.79 Å². The van der Waals surface area contributed by atoms with Gasteiger partial charge in [0.05, 0.1) is 6.42 Å². The summed E-state index contributed by atoms with van der Waals surface area (Å²) in [6.45, 7) is 6.46. The lowest BCUT2D eigenvalue weighted by Crippen LogP contribution is -2.52. The van der Waals surface area contributed by atoms with Crippen molar-refractivity contribution in [1.82, 2.24) is 4.90 Å². The molecule has 1 unspecified atom stereocenters. The maximum absolute atomic E-state index is 10.5. The number of hydrogen-bond donors (Lipinski definition) is 1. The molecule has 1 N–H and O–H groups in total. The highest BCUT2D eigenvalue weighted by Crippen LogP contribution is 2.23. The Kier molecular flexibility index (Phi) is 3.72. The van der Waals surface area contributed by atoms with Crippen LogP contribution in [0.1, 0.15) is 33.1 Å². The van der Waals surface area contributed by atoms with Gasteiger partial charge in [-0.15, -0.1) is 0 Å². The number of carbonyl (C=O) groups is 1. The van der Waals surface area contributed by atoms with Crippen molar-refractivity contribution in [2.75, 3.05) is 13.1 Å². The Morgan fingerprint density at radius 3 is 2.54 bits per heavy atom. The van der Waals surface area contributed by atoms with Crippen LogP contribution in [0.3, 0.4) is 0 Å². The summed E-state index contributed by atoms with van der Waals surface area (Å²) in [6, 6.07) is 0.264. The van der Waals surface area contributed by atoms with Crippen molar-refractivity contribution in [3.8, 4) is 0 Å². The molecular weight excluding hydrogens is 166 g/mol. The molecule has 1 heterocycles. The lowest BCUT2D eigenvalue weighted by molar-refractivity contribution is -0.139. The molecule has 1 rings (SSSR count). The largest absolute Gasteiger partial charge is 0.481 e. The first kappa shape index (κ1) is 10.5. The molecule has 3 heteroatoms. The van der Waals surface area contributed by atoms with Crippen molar-refractivity contribution >= 4 is 5.97 Å². The van der Waals surface area contributed by atoms with Gasteiger partial charge in [0.1, 0.15) is 0 Å². The SMILES string of the molecule is CCC1CN(C(CC)CC(=O)O)C1. The van der Waals surface area contributed by atoms with E-state index < -0.39 is 5.97 Å². The summed E-state index contributed by atoms with van der Waals surface area (Å²) >= 11 is 0. The number of nitrogens with zero attached hydrogens (tertiary/aromatic N) is 1. The van der Waals surface area contributed by atoms with Crippen LogP contribution in [0, 0.1) is 5.92 Å². The molecule has 0 aromatic rings. The fraction of sp³-hybridized carbons (Fsp3) is 0.900. The normalized spacial score (nSPS) is 21.1. The van der Waals surface area contributed by atoms with Gasteiger partial charge in [-0.3, -0.25) is 9.69 Å². The van der Waals surface area contributed by atoms with Gasteiger partial charge in [0.2, 0.25) is 0 Å². The van der Waals surface area contributed by atoms with Crippen LogP contribution in [0.4, 0.5) is 0 Å². The van der Waals surface area contributed by atoms with Crippen LogP contribution >= 0.6 is 0 Å². The van der Waals surface area contributed by atoms with Gasteiger partial charge in [-0.2, -0.15) is 0 Å². The van der Waals surface area contributed by atoms with Gasteiger partial charge in [0, 0.05) is 19.1 Å². The minimum atomic E-state index is -0.674. The molecule has 1 aliphatic heterocycles. The zero-order valence-corrected chi connectivity index (χ0v) is 8.49. The molecule has 0 aromatic heterocycles. The predicted octanol–water partition coefficient (Wildman–Crippen LogP) is 1.58. The summed E-state index contributed by atoms with van der Waals surface area (Å²) in [4.78, 5) is 12.8. The van der Waals surface area contributed by atoms with Crippen molar-refractivity contribution in [2.24, 2.45) is 5.92 Å². The fourth-order valence-corrected chi connectivity index (χ4v) is 1.90. The van der Waals surface area contributed by atoms with Gasteiger partial charge >= 0.3 is 5.97 Å². The average molecular weight is 185 g/mol. The Hall–Kier alpha value is -0.570. The van der Waals surface area contributed by atoms with Crippen molar-refractivity contribution in [3.63, 3.8) is 0 Å². The molecule has 0 bridgehead atoms. The molecule has 3 nitrogen and oxygen atoms in total. The van der Waals surface area contributed by atoms with Crippen LogP contribution in [-0.2, 0) is 4.79 Å². The highest BCUT2D eigenvalue weighted by molar-refractivity contribution is 5.67. The maximum Gasteiger partial charge on any atom is 0.304 e. The second kappa shape index (κ2) is 4.61. The van der Waals surface area contributed by atoms with E-state index >= 15 is 0 Å². The number of hydrogen-bond acceptors (Lipinski definition) is 2. The van der Waals surface area contributed by atoms with E-state index in [1.165, 1.54) is 6.42 Å². The Bertz CT molecular complexity index is 176. The van der Waals surface area contributed by atoms with E-state index in [4.69, 9.17) is 5.11 Å². The van der Waals surface area contributed by atoms with Gasteiger partial charge in [-0.25, -0.2) is 0 Å². The van der Waals surface area contributed by atoms with Crippen molar-refractivity contribution in [2.45, 2.75) is 39.2 Å².